The first kappa shape index (κ1) is 12.3. The lowest BCUT2D eigenvalue weighted by atomic mass is 10.0. The predicted octanol–water partition coefficient (Wildman–Crippen LogP) is 3.25. The molecule has 4 heteroatoms. The molecule has 2 heterocycles. The minimum Gasteiger partial charge on any atom is -0.466 e. The van der Waals surface area contributed by atoms with E-state index in [0.717, 1.165) is 33.3 Å². The van der Waals surface area contributed by atoms with Crippen molar-refractivity contribution >= 4 is 11.3 Å². The Morgan fingerprint density at radius 3 is 2.47 bits per heavy atom. The van der Waals surface area contributed by atoms with Crippen molar-refractivity contribution < 1.29 is 9.52 Å². The molecule has 0 amide bonds. The van der Waals surface area contributed by atoms with Crippen LogP contribution in [0.5, 0.6) is 0 Å². The van der Waals surface area contributed by atoms with Gasteiger partial charge in [0.1, 0.15) is 11.5 Å². The molecule has 2 rings (SSSR count). The van der Waals surface area contributed by atoms with Gasteiger partial charge in [0.2, 0.25) is 0 Å². The molecule has 0 radical (unpaired) electrons. The van der Waals surface area contributed by atoms with Gasteiger partial charge in [-0.25, -0.2) is 4.98 Å². The van der Waals surface area contributed by atoms with Gasteiger partial charge in [0.05, 0.1) is 16.8 Å². The Hall–Kier alpha value is -1.13. The standard InChI is InChI=1S/C13H17NO2S/c1-7-8(2)16-9(3)13(7)12(15)5-11-6-17-10(4)14-11/h6,12,15H,5H2,1-4H3. The van der Waals surface area contributed by atoms with E-state index in [1.54, 1.807) is 11.3 Å². The van der Waals surface area contributed by atoms with Crippen LogP contribution in [-0.2, 0) is 6.42 Å². The van der Waals surface area contributed by atoms with Crippen LogP contribution >= 0.6 is 11.3 Å². The fourth-order valence-electron chi connectivity index (χ4n) is 2.10. The summed E-state index contributed by atoms with van der Waals surface area (Å²) in [7, 11) is 0. The van der Waals surface area contributed by atoms with Crippen molar-refractivity contribution in [2.75, 3.05) is 0 Å². The van der Waals surface area contributed by atoms with E-state index in [9.17, 15) is 5.11 Å². The normalized spacial score (nSPS) is 13.0. The van der Waals surface area contributed by atoms with Crippen molar-refractivity contribution in [3.63, 3.8) is 0 Å². The molecule has 0 fully saturated rings. The fourth-order valence-corrected chi connectivity index (χ4v) is 2.73. The number of furan rings is 1. The summed E-state index contributed by atoms with van der Waals surface area (Å²) in [4.78, 5) is 4.37. The number of hydrogen-bond donors (Lipinski definition) is 1. The zero-order valence-corrected chi connectivity index (χ0v) is 11.4. The Morgan fingerprint density at radius 2 is 2.00 bits per heavy atom. The highest BCUT2D eigenvalue weighted by atomic mass is 32.1. The van der Waals surface area contributed by atoms with Crippen molar-refractivity contribution in [1.82, 2.24) is 4.98 Å². The SMILES string of the molecule is Cc1nc(CC(O)c2c(C)oc(C)c2C)cs1. The lowest BCUT2D eigenvalue weighted by Gasteiger charge is -2.09. The summed E-state index contributed by atoms with van der Waals surface area (Å²) in [5.74, 6) is 1.69. The third kappa shape index (κ3) is 2.42. The summed E-state index contributed by atoms with van der Waals surface area (Å²) in [5, 5.41) is 13.3. The zero-order valence-electron chi connectivity index (χ0n) is 10.6. The summed E-state index contributed by atoms with van der Waals surface area (Å²) in [6.45, 7) is 7.77. The highest BCUT2D eigenvalue weighted by molar-refractivity contribution is 7.09. The highest BCUT2D eigenvalue weighted by Gasteiger charge is 2.20. The fraction of sp³-hybridized carbons (Fsp3) is 0.462. The monoisotopic (exact) mass is 251 g/mol. The molecule has 0 spiro atoms. The van der Waals surface area contributed by atoms with E-state index in [4.69, 9.17) is 4.42 Å². The van der Waals surface area contributed by atoms with Crippen molar-refractivity contribution in [3.05, 3.63) is 38.7 Å². The van der Waals surface area contributed by atoms with Gasteiger partial charge in [0.15, 0.2) is 0 Å². The van der Waals surface area contributed by atoms with Crippen LogP contribution < -0.4 is 0 Å². The van der Waals surface area contributed by atoms with E-state index in [1.807, 2.05) is 33.1 Å². The number of thiazole rings is 1. The number of nitrogens with zero attached hydrogens (tertiary/aromatic N) is 1. The van der Waals surface area contributed by atoms with Crippen LogP contribution in [0.4, 0.5) is 0 Å². The van der Waals surface area contributed by atoms with Crippen LogP contribution in [0.25, 0.3) is 0 Å². The molecule has 0 saturated heterocycles. The molecular formula is C13H17NO2S. The molecule has 1 N–H and O–H groups in total. The van der Waals surface area contributed by atoms with Crippen molar-refractivity contribution in [1.29, 1.82) is 0 Å². The molecular weight excluding hydrogens is 234 g/mol. The molecule has 2 aromatic rings. The summed E-state index contributed by atoms with van der Waals surface area (Å²) >= 11 is 1.61. The molecule has 92 valence electrons. The van der Waals surface area contributed by atoms with Crippen molar-refractivity contribution in [3.8, 4) is 0 Å². The van der Waals surface area contributed by atoms with Gasteiger partial charge in [0.25, 0.3) is 0 Å². The minimum atomic E-state index is -0.533. The van der Waals surface area contributed by atoms with Crippen LogP contribution in [-0.4, -0.2) is 10.1 Å². The predicted molar refractivity (Wildman–Crippen MR) is 68.4 cm³/mol. The van der Waals surface area contributed by atoms with Gasteiger partial charge in [0, 0.05) is 17.4 Å². The molecule has 1 atom stereocenters. The Labute approximate surface area is 105 Å². The average Bonchev–Trinajstić information content (AvgIpc) is 2.73. The number of aliphatic hydroxyl groups is 1. The summed E-state index contributed by atoms with van der Waals surface area (Å²) in [5.41, 5.74) is 2.90. The van der Waals surface area contributed by atoms with Gasteiger partial charge in [-0.2, -0.15) is 0 Å². The molecule has 2 aromatic heterocycles. The number of aliphatic hydroxyl groups excluding tert-OH is 1. The second kappa shape index (κ2) is 4.63. The third-order valence-electron chi connectivity index (χ3n) is 3.02. The molecule has 0 aliphatic rings. The Balaban J connectivity index is 2.22. The lowest BCUT2D eigenvalue weighted by Crippen LogP contribution is -2.04. The molecule has 0 saturated carbocycles. The third-order valence-corrected chi connectivity index (χ3v) is 3.84. The van der Waals surface area contributed by atoms with Crippen molar-refractivity contribution in [2.24, 2.45) is 0 Å². The molecule has 0 aliphatic heterocycles. The van der Waals surface area contributed by atoms with Gasteiger partial charge in [-0.3, -0.25) is 0 Å². The average molecular weight is 251 g/mol. The molecule has 0 bridgehead atoms. The number of aryl methyl sites for hydroxylation is 3. The maximum Gasteiger partial charge on any atom is 0.107 e. The summed E-state index contributed by atoms with van der Waals surface area (Å²) in [6, 6.07) is 0. The maximum absolute atomic E-state index is 10.3. The topological polar surface area (TPSA) is 46.3 Å². The molecule has 0 aliphatic carbocycles. The van der Waals surface area contributed by atoms with Crippen LogP contribution in [0.3, 0.4) is 0 Å². The Bertz CT molecular complexity index is 528. The Kier molecular flexibility index (Phi) is 3.35. The summed E-state index contributed by atoms with van der Waals surface area (Å²) in [6.07, 6.45) is 0.0132. The Morgan fingerprint density at radius 1 is 1.29 bits per heavy atom. The molecule has 17 heavy (non-hydrogen) atoms. The van der Waals surface area contributed by atoms with E-state index in [-0.39, 0.29) is 0 Å². The van der Waals surface area contributed by atoms with E-state index < -0.39 is 6.10 Å². The lowest BCUT2D eigenvalue weighted by molar-refractivity contribution is 0.174. The van der Waals surface area contributed by atoms with Gasteiger partial charge < -0.3 is 9.52 Å². The van der Waals surface area contributed by atoms with Gasteiger partial charge in [-0.1, -0.05) is 0 Å². The second-order valence-corrected chi connectivity index (χ2v) is 5.39. The van der Waals surface area contributed by atoms with Crippen LogP contribution in [0.15, 0.2) is 9.80 Å². The van der Waals surface area contributed by atoms with Crippen LogP contribution in [0.2, 0.25) is 0 Å². The van der Waals surface area contributed by atoms with Crippen molar-refractivity contribution in [2.45, 2.75) is 40.2 Å². The first-order chi connectivity index (χ1) is 7.99. The highest BCUT2D eigenvalue weighted by Crippen LogP contribution is 2.29. The first-order valence-electron chi connectivity index (χ1n) is 5.64. The first-order valence-corrected chi connectivity index (χ1v) is 6.52. The molecule has 1 unspecified atom stereocenters. The number of rotatable bonds is 3. The number of hydrogen-bond acceptors (Lipinski definition) is 4. The van der Waals surface area contributed by atoms with Crippen LogP contribution in [0, 0.1) is 27.7 Å². The van der Waals surface area contributed by atoms with E-state index >= 15 is 0 Å². The number of aromatic nitrogens is 1. The molecule has 3 nitrogen and oxygen atoms in total. The van der Waals surface area contributed by atoms with E-state index in [0.29, 0.717) is 6.42 Å². The smallest absolute Gasteiger partial charge is 0.107 e. The van der Waals surface area contributed by atoms with E-state index in [2.05, 4.69) is 4.98 Å². The minimum absolute atomic E-state index is 0.533. The van der Waals surface area contributed by atoms with Gasteiger partial charge in [-0.15, -0.1) is 11.3 Å². The molecule has 0 aromatic carbocycles. The van der Waals surface area contributed by atoms with Crippen LogP contribution in [0.1, 0.15) is 39.5 Å². The zero-order chi connectivity index (χ0) is 12.6. The maximum atomic E-state index is 10.3. The summed E-state index contributed by atoms with van der Waals surface area (Å²) < 4.78 is 5.53. The van der Waals surface area contributed by atoms with Gasteiger partial charge in [-0.05, 0) is 33.3 Å². The largest absolute Gasteiger partial charge is 0.466 e. The van der Waals surface area contributed by atoms with E-state index in [1.165, 1.54) is 0 Å². The van der Waals surface area contributed by atoms with Gasteiger partial charge >= 0.3 is 0 Å². The quantitative estimate of drug-likeness (QED) is 0.910. The second-order valence-electron chi connectivity index (χ2n) is 4.33.